The predicted octanol–water partition coefficient (Wildman–Crippen LogP) is 3.36. The molecule has 186 valence electrons. The molecule has 1 unspecified atom stereocenters. The first-order chi connectivity index (χ1) is 17.3. The van der Waals surface area contributed by atoms with Crippen LogP contribution in [0, 0.1) is 6.92 Å². The lowest BCUT2D eigenvalue weighted by Gasteiger charge is -2.30. The van der Waals surface area contributed by atoms with Crippen LogP contribution in [0.2, 0.25) is 0 Å². The number of nitrogens with zero attached hydrogens (tertiary/aromatic N) is 2. The summed E-state index contributed by atoms with van der Waals surface area (Å²) in [6.45, 7) is 2.92. The summed E-state index contributed by atoms with van der Waals surface area (Å²) in [7, 11) is 0. The molecular weight excluding hydrogens is 474 g/mol. The van der Waals surface area contributed by atoms with Gasteiger partial charge in [0.1, 0.15) is 0 Å². The minimum Gasteiger partial charge on any atom is -0.399 e. The van der Waals surface area contributed by atoms with E-state index in [-0.39, 0.29) is 5.91 Å². The second-order valence-electron chi connectivity index (χ2n) is 8.51. The first-order valence-corrected chi connectivity index (χ1v) is 12.2. The molecule has 0 spiro atoms. The standard InChI is InChI=1S/C19H20N6O2S.C7H9N/c20-14-6-2-1-5-13(14)19(17(26)23-12-4-3-8-22-10-12)24-15-7-9-25(18(21)27)11-16(15)28-19;1-6-2-4-7(8)5-3-6/h1-6,8,10,24H,7,9,11,20H2,(H2,21,27)(H,23,26);2-5H,8H2,1H3. The van der Waals surface area contributed by atoms with Crippen molar-refractivity contribution in [3.8, 4) is 0 Å². The van der Waals surface area contributed by atoms with Gasteiger partial charge in [-0.2, -0.15) is 0 Å². The summed E-state index contributed by atoms with van der Waals surface area (Å²) in [5, 5.41) is 6.32. The molecule has 0 radical (unpaired) electrons. The van der Waals surface area contributed by atoms with Gasteiger partial charge in [0.2, 0.25) is 0 Å². The topological polar surface area (TPSA) is 152 Å². The molecule has 0 aliphatic carbocycles. The maximum absolute atomic E-state index is 13.4. The Morgan fingerprint density at radius 2 is 1.83 bits per heavy atom. The number of carbonyl (C=O) groups is 2. The van der Waals surface area contributed by atoms with Crippen LogP contribution in [0.3, 0.4) is 0 Å². The van der Waals surface area contributed by atoms with Crippen LogP contribution in [-0.4, -0.2) is 34.9 Å². The smallest absolute Gasteiger partial charge is 0.315 e. The van der Waals surface area contributed by atoms with Gasteiger partial charge in [-0.1, -0.05) is 47.7 Å². The number of nitrogens with one attached hydrogen (secondary N) is 2. The van der Waals surface area contributed by atoms with E-state index >= 15 is 0 Å². The number of primary amides is 1. The van der Waals surface area contributed by atoms with Gasteiger partial charge in [0.15, 0.2) is 4.87 Å². The number of hydrogen-bond acceptors (Lipinski definition) is 7. The molecule has 0 saturated heterocycles. The van der Waals surface area contributed by atoms with Gasteiger partial charge in [0.25, 0.3) is 5.91 Å². The number of benzene rings is 2. The van der Waals surface area contributed by atoms with Gasteiger partial charge in [0, 0.05) is 46.7 Å². The van der Waals surface area contributed by atoms with E-state index in [2.05, 4.69) is 15.6 Å². The number of amides is 3. The molecule has 1 atom stereocenters. The van der Waals surface area contributed by atoms with E-state index in [1.54, 1.807) is 35.5 Å². The van der Waals surface area contributed by atoms with E-state index in [1.807, 2.05) is 49.4 Å². The molecule has 2 aliphatic heterocycles. The number of nitrogens with two attached hydrogens (primary N) is 3. The van der Waals surface area contributed by atoms with Crippen molar-refractivity contribution in [2.24, 2.45) is 5.73 Å². The van der Waals surface area contributed by atoms with E-state index in [9.17, 15) is 9.59 Å². The molecule has 0 saturated carbocycles. The van der Waals surface area contributed by atoms with Gasteiger partial charge in [-0.3, -0.25) is 9.78 Å². The molecule has 1 aromatic heterocycles. The van der Waals surface area contributed by atoms with Gasteiger partial charge < -0.3 is 32.7 Å². The Bertz CT molecular complexity index is 1260. The molecule has 8 N–H and O–H groups in total. The third-order valence-corrected chi connectivity index (χ3v) is 7.31. The number of anilines is 3. The quantitative estimate of drug-likeness (QED) is 0.344. The Morgan fingerprint density at radius 1 is 1.08 bits per heavy atom. The fourth-order valence-corrected chi connectivity index (χ4v) is 5.44. The van der Waals surface area contributed by atoms with Crippen LogP contribution in [0.15, 0.2) is 83.7 Å². The first-order valence-electron chi connectivity index (χ1n) is 11.4. The van der Waals surface area contributed by atoms with E-state index in [0.717, 1.165) is 16.3 Å². The number of aromatic nitrogens is 1. The van der Waals surface area contributed by atoms with Crippen LogP contribution < -0.4 is 27.8 Å². The highest BCUT2D eigenvalue weighted by Gasteiger charge is 2.49. The second-order valence-corrected chi connectivity index (χ2v) is 9.82. The van der Waals surface area contributed by atoms with Crippen molar-refractivity contribution in [2.75, 3.05) is 29.9 Å². The molecule has 2 aliphatic rings. The lowest BCUT2D eigenvalue weighted by atomic mass is 10.0. The molecule has 0 bridgehead atoms. The SMILES string of the molecule is Cc1ccc(N)cc1.NC(=O)N1CCC2=C(C1)SC(C(=O)Nc1cccnc1)(c1ccccc1N)N2. The maximum atomic E-state index is 13.4. The third kappa shape index (κ3) is 5.38. The highest BCUT2D eigenvalue weighted by Crippen LogP contribution is 2.50. The Morgan fingerprint density at radius 3 is 2.47 bits per heavy atom. The van der Waals surface area contributed by atoms with Gasteiger partial charge in [-0.15, -0.1) is 0 Å². The molecule has 3 heterocycles. The summed E-state index contributed by atoms with van der Waals surface area (Å²) in [6, 6.07) is 18.1. The maximum Gasteiger partial charge on any atom is 0.315 e. The fraction of sp³-hybridized carbons (Fsp3) is 0.192. The van der Waals surface area contributed by atoms with Gasteiger partial charge in [0.05, 0.1) is 18.4 Å². The van der Waals surface area contributed by atoms with Crippen LogP contribution in [0.1, 0.15) is 17.5 Å². The highest BCUT2D eigenvalue weighted by molar-refractivity contribution is 8.05. The second kappa shape index (κ2) is 10.6. The van der Waals surface area contributed by atoms with E-state index in [1.165, 1.54) is 17.3 Å². The van der Waals surface area contributed by atoms with Crippen LogP contribution >= 0.6 is 11.8 Å². The number of urea groups is 1. The lowest BCUT2D eigenvalue weighted by molar-refractivity contribution is -0.119. The summed E-state index contributed by atoms with van der Waals surface area (Å²) in [4.78, 5) is 30.4. The molecule has 0 fully saturated rings. The summed E-state index contributed by atoms with van der Waals surface area (Å²) >= 11 is 1.36. The van der Waals surface area contributed by atoms with Gasteiger partial charge in [-0.05, 0) is 37.3 Å². The minimum absolute atomic E-state index is 0.261. The van der Waals surface area contributed by atoms with E-state index < -0.39 is 10.9 Å². The Hall–Kier alpha value is -4.18. The van der Waals surface area contributed by atoms with Crippen molar-refractivity contribution in [3.05, 3.63) is 94.8 Å². The number of carbonyl (C=O) groups excluding carboxylic acids is 2. The molecule has 3 amide bonds. The monoisotopic (exact) mass is 503 g/mol. The Kier molecular flexibility index (Phi) is 7.35. The van der Waals surface area contributed by atoms with Crippen LogP contribution in [0.4, 0.5) is 21.9 Å². The minimum atomic E-state index is -1.14. The lowest BCUT2D eigenvalue weighted by Crippen LogP contribution is -2.47. The molecular formula is C26H29N7O2S. The van der Waals surface area contributed by atoms with Crippen LogP contribution in [0.5, 0.6) is 0 Å². The van der Waals surface area contributed by atoms with Crippen LogP contribution in [-0.2, 0) is 9.67 Å². The predicted molar refractivity (Wildman–Crippen MR) is 145 cm³/mol. The molecule has 10 heteroatoms. The third-order valence-electron chi connectivity index (χ3n) is 5.87. The number of hydrogen-bond donors (Lipinski definition) is 5. The molecule has 5 rings (SSSR count). The van der Waals surface area contributed by atoms with Crippen molar-refractivity contribution < 1.29 is 9.59 Å². The Balaban J connectivity index is 0.000000325. The van der Waals surface area contributed by atoms with Crippen molar-refractivity contribution in [2.45, 2.75) is 18.2 Å². The molecule has 9 nitrogen and oxygen atoms in total. The largest absolute Gasteiger partial charge is 0.399 e. The highest BCUT2D eigenvalue weighted by atomic mass is 32.2. The summed E-state index contributed by atoms with van der Waals surface area (Å²) in [5.41, 5.74) is 21.9. The zero-order chi connectivity index (χ0) is 25.7. The van der Waals surface area contributed by atoms with E-state index in [4.69, 9.17) is 17.2 Å². The van der Waals surface area contributed by atoms with Crippen molar-refractivity contribution in [3.63, 3.8) is 0 Å². The van der Waals surface area contributed by atoms with Crippen molar-refractivity contribution >= 4 is 40.8 Å². The number of nitrogen functional groups attached to an aromatic ring is 2. The molecule has 3 aromatic rings. The van der Waals surface area contributed by atoms with E-state index in [0.29, 0.717) is 36.4 Å². The average molecular weight is 504 g/mol. The van der Waals surface area contributed by atoms with Gasteiger partial charge >= 0.3 is 6.03 Å². The molecule has 2 aromatic carbocycles. The van der Waals surface area contributed by atoms with Gasteiger partial charge in [-0.25, -0.2) is 4.79 Å². The number of thioether (sulfide) groups is 1. The van der Waals surface area contributed by atoms with Crippen molar-refractivity contribution in [1.82, 2.24) is 15.2 Å². The van der Waals surface area contributed by atoms with Crippen molar-refractivity contribution in [1.29, 1.82) is 0 Å². The zero-order valence-corrected chi connectivity index (χ0v) is 20.7. The van der Waals surface area contributed by atoms with Crippen LogP contribution in [0.25, 0.3) is 0 Å². The number of pyridine rings is 1. The molecule has 36 heavy (non-hydrogen) atoms. The Labute approximate surface area is 214 Å². The normalized spacial score (nSPS) is 18.4. The number of aryl methyl sites for hydroxylation is 1. The first kappa shape index (κ1) is 24.9. The zero-order valence-electron chi connectivity index (χ0n) is 19.9. The number of rotatable bonds is 3. The summed E-state index contributed by atoms with van der Waals surface area (Å²) in [6.07, 6.45) is 3.82. The summed E-state index contributed by atoms with van der Waals surface area (Å²) in [5.74, 6) is -0.261. The summed E-state index contributed by atoms with van der Waals surface area (Å²) < 4.78 is 0. The fourth-order valence-electron chi connectivity index (χ4n) is 3.96. The number of para-hydroxylation sites is 1. The average Bonchev–Trinajstić information content (AvgIpc) is 3.27.